The zero-order chi connectivity index (χ0) is 28.9. The van der Waals surface area contributed by atoms with Crippen molar-refractivity contribution in [3.05, 3.63) is 84.4 Å². The van der Waals surface area contributed by atoms with Crippen LogP contribution < -0.4 is 19.1 Å². The van der Waals surface area contributed by atoms with E-state index in [1.54, 1.807) is 0 Å². The van der Waals surface area contributed by atoms with Gasteiger partial charge >= 0.3 is 12.5 Å². The van der Waals surface area contributed by atoms with Gasteiger partial charge in [0.25, 0.3) is 0 Å². The summed E-state index contributed by atoms with van der Waals surface area (Å²) in [6.45, 7) is 4.04. The van der Waals surface area contributed by atoms with Crippen LogP contribution in [-0.2, 0) is 16.2 Å². The minimum atomic E-state index is -4.72. The van der Waals surface area contributed by atoms with Crippen LogP contribution in [0.3, 0.4) is 0 Å². The molecular weight excluding hydrogens is 541 g/mol. The number of cyclic esters (lactones) is 1. The van der Waals surface area contributed by atoms with Crippen LogP contribution >= 0.6 is 0 Å². The van der Waals surface area contributed by atoms with E-state index < -0.39 is 18.1 Å². The van der Waals surface area contributed by atoms with Crippen molar-refractivity contribution < 1.29 is 41.8 Å². The highest BCUT2D eigenvalue weighted by molar-refractivity contribution is 5.69. The third-order valence-electron chi connectivity index (χ3n) is 6.79. The first-order valence-electron chi connectivity index (χ1n) is 13.3. The Hall–Kier alpha value is -4.12. The molecule has 2 heterocycles. The summed E-state index contributed by atoms with van der Waals surface area (Å²) in [7, 11) is 0. The lowest BCUT2D eigenvalue weighted by atomic mass is 10.1. The first kappa shape index (κ1) is 28.4. The first-order chi connectivity index (χ1) is 19.6. The lowest BCUT2D eigenvalue weighted by Crippen LogP contribution is -2.38. The van der Waals surface area contributed by atoms with Crippen LogP contribution in [0.15, 0.2) is 78.9 Å². The smallest absolute Gasteiger partial charge is 0.490 e. The zero-order valence-corrected chi connectivity index (χ0v) is 22.5. The number of amides is 1. The van der Waals surface area contributed by atoms with Gasteiger partial charge in [-0.1, -0.05) is 30.3 Å². The van der Waals surface area contributed by atoms with Crippen molar-refractivity contribution in [1.82, 2.24) is 5.06 Å². The number of hydrogen-bond donors (Lipinski definition) is 0. The number of ether oxygens (including phenoxy) is 4. The molecule has 0 unspecified atom stereocenters. The number of benzene rings is 3. The molecule has 0 aromatic heterocycles. The summed E-state index contributed by atoms with van der Waals surface area (Å²) in [5.41, 5.74) is 1.15. The van der Waals surface area contributed by atoms with Crippen LogP contribution in [0.1, 0.15) is 25.3 Å². The molecule has 5 rings (SSSR count). The second kappa shape index (κ2) is 12.2. The molecule has 41 heavy (non-hydrogen) atoms. The van der Waals surface area contributed by atoms with Crippen molar-refractivity contribution in [3.63, 3.8) is 0 Å². The maximum atomic E-state index is 12.3. The van der Waals surface area contributed by atoms with Gasteiger partial charge in [-0.15, -0.1) is 13.2 Å². The predicted molar refractivity (Wildman–Crippen MR) is 144 cm³/mol. The van der Waals surface area contributed by atoms with E-state index in [1.165, 1.54) is 29.3 Å². The molecule has 2 aliphatic rings. The number of rotatable bonds is 10. The molecule has 1 atom stereocenters. The number of carbonyl (C=O) groups is 1. The summed E-state index contributed by atoms with van der Waals surface area (Å²) >= 11 is 0. The molecule has 3 aromatic rings. The number of hydrogen-bond acceptors (Lipinski definition) is 7. The molecule has 0 radical (unpaired) electrons. The van der Waals surface area contributed by atoms with E-state index >= 15 is 0 Å². The van der Waals surface area contributed by atoms with Crippen molar-refractivity contribution in [2.45, 2.75) is 44.4 Å². The van der Waals surface area contributed by atoms with E-state index in [4.69, 9.17) is 19.0 Å². The molecule has 11 heteroatoms. The highest BCUT2D eigenvalue weighted by atomic mass is 19.4. The minimum absolute atomic E-state index is 0.0330. The summed E-state index contributed by atoms with van der Waals surface area (Å²) in [6.07, 6.45) is -3.75. The Kier molecular flexibility index (Phi) is 8.44. The van der Waals surface area contributed by atoms with Gasteiger partial charge in [0, 0.05) is 31.6 Å². The molecule has 2 aliphatic heterocycles. The standard InChI is InChI=1S/C30H31F3N2O6/c1-29(20-35(28(36)41-29)38-19-22-5-3-2-4-6-22)21-37-24-9-7-23(8-10-24)34-17-15-26(16-18-34)39-25-11-13-27(14-12-25)40-30(31,32)33/h2-14,26H,15-21H2,1H3/t29-/m1/s1. The predicted octanol–water partition coefficient (Wildman–Crippen LogP) is 6.35. The highest BCUT2D eigenvalue weighted by Gasteiger charge is 2.43. The van der Waals surface area contributed by atoms with Crippen molar-refractivity contribution in [2.75, 3.05) is 31.1 Å². The Bertz CT molecular complexity index is 1280. The van der Waals surface area contributed by atoms with E-state index in [-0.39, 0.29) is 31.6 Å². The van der Waals surface area contributed by atoms with Crippen LogP contribution in [0.2, 0.25) is 0 Å². The van der Waals surface area contributed by atoms with Gasteiger partial charge < -0.3 is 23.8 Å². The number of carbonyl (C=O) groups excluding carboxylic acids is 1. The van der Waals surface area contributed by atoms with Crippen LogP contribution in [0.5, 0.6) is 17.2 Å². The number of halogens is 3. The molecular formula is C30H31F3N2O6. The average Bonchev–Trinajstić information content (AvgIpc) is 3.25. The van der Waals surface area contributed by atoms with Crippen molar-refractivity contribution in [2.24, 2.45) is 0 Å². The fourth-order valence-corrected chi connectivity index (χ4v) is 4.70. The van der Waals surface area contributed by atoms with E-state index in [0.29, 0.717) is 11.5 Å². The normalized spacial score (nSPS) is 19.7. The lowest BCUT2D eigenvalue weighted by Gasteiger charge is -2.33. The van der Waals surface area contributed by atoms with Gasteiger partial charge in [-0.2, -0.15) is 5.06 Å². The SMILES string of the molecule is C[C@]1(COc2ccc(N3CCC(Oc4ccc(OC(F)(F)F)cc4)CC3)cc2)CN(OCc2ccccc2)C(=O)O1. The molecule has 0 bridgehead atoms. The Balaban J connectivity index is 1.05. The average molecular weight is 573 g/mol. The Labute approximate surface area is 236 Å². The second-order valence-electron chi connectivity index (χ2n) is 10.2. The maximum absolute atomic E-state index is 12.3. The third-order valence-corrected chi connectivity index (χ3v) is 6.79. The van der Waals surface area contributed by atoms with Crippen LogP contribution in [0, 0.1) is 0 Å². The molecule has 3 aromatic carbocycles. The summed E-state index contributed by atoms with van der Waals surface area (Å²) in [6, 6.07) is 22.8. The van der Waals surface area contributed by atoms with Crippen LogP contribution in [-0.4, -0.2) is 55.5 Å². The summed E-state index contributed by atoms with van der Waals surface area (Å²) in [5.74, 6) is 0.887. The molecule has 2 saturated heterocycles. The topological polar surface area (TPSA) is 69.7 Å². The van der Waals surface area contributed by atoms with Crippen LogP contribution in [0.4, 0.5) is 23.7 Å². The minimum Gasteiger partial charge on any atom is -0.490 e. The van der Waals surface area contributed by atoms with E-state index in [2.05, 4.69) is 9.64 Å². The van der Waals surface area contributed by atoms with Gasteiger partial charge in [-0.05, 0) is 61.0 Å². The van der Waals surface area contributed by atoms with E-state index in [9.17, 15) is 18.0 Å². The molecule has 1 amide bonds. The number of alkyl halides is 3. The number of nitrogens with zero attached hydrogens (tertiary/aromatic N) is 2. The zero-order valence-electron chi connectivity index (χ0n) is 22.5. The maximum Gasteiger partial charge on any atom is 0.573 e. The molecule has 8 nitrogen and oxygen atoms in total. The number of hydroxylamine groups is 2. The molecule has 2 fully saturated rings. The van der Waals surface area contributed by atoms with Crippen LogP contribution in [0.25, 0.3) is 0 Å². The molecule has 0 aliphatic carbocycles. The summed E-state index contributed by atoms with van der Waals surface area (Å²) in [4.78, 5) is 20.2. The van der Waals surface area contributed by atoms with Gasteiger partial charge in [-0.3, -0.25) is 4.84 Å². The third kappa shape index (κ3) is 7.97. The number of piperidine rings is 1. The summed E-state index contributed by atoms with van der Waals surface area (Å²) < 4.78 is 58.3. The van der Waals surface area contributed by atoms with Crippen molar-refractivity contribution >= 4 is 11.8 Å². The Morgan fingerprint density at radius 1 is 0.902 bits per heavy atom. The molecule has 218 valence electrons. The highest BCUT2D eigenvalue weighted by Crippen LogP contribution is 2.29. The molecule has 0 spiro atoms. The van der Waals surface area contributed by atoms with Gasteiger partial charge in [0.1, 0.15) is 36.6 Å². The van der Waals surface area contributed by atoms with Gasteiger partial charge in [0.2, 0.25) is 0 Å². The quantitative estimate of drug-likeness (QED) is 0.280. The Morgan fingerprint density at radius 2 is 1.54 bits per heavy atom. The van der Waals surface area contributed by atoms with Gasteiger partial charge in [0.15, 0.2) is 5.60 Å². The first-order valence-corrected chi connectivity index (χ1v) is 13.3. The number of anilines is 1. The Morgan fingerprint density at radius 3 is 2.20 bits per heavy atom. The van der Waals surface area contributed by atoms with Gasteiger partial charge in [0.05, 0.1) is 6.54 Å². The van der Waals surface area contributed by atoms with E-state index in [1.807, 2.05) is 61.5 Å². The lowest BCUT2D eigenvalue weighted by molar-refractivity contribution is -0.274. The van der Waals surface area contributed by atoms with Gasteiger partial charge in [-0.25, -0.2) is 4.79 Å². The summed E-state index contributed by atoms with van der Waals surface area (Å²) in [5, 5.41) is 1.23. The van der Waals surface area contributed by atoms with E-state index in [0.717, 1.165) is 37.2 Å². The second-order valence-corrected chi connectivity index (χ2v) is 10.2. The fourth-order valence-electron chi connectivity index (χ4n) is 4.70. The van der Waals surface area contributed by atoms with Crippen molar-refractivity contribution in [3.8, 4) is 17.2 Å². The fraction of sp³-hybridized carbons (Fsp3) is 0.367. The largest absolute Gasteiger partial charge is 0.573 e. The van der Waals surface area contributed by atoms with Crippen molar-refractivity contribution in [1.29, 1.82) is 0 Å². The monoisotopic (exact) mass is 572 g/mol. The molecule has 0 saturated carbocycles. The molecule has 0 N–H and O–H groups in total.